The number of nitrogens with zero attached hydrogens (tertiary/aromatic N) is 2. The molecule has 6 nitrogen and oxygen atoms in total. The maximum Gasteiger partial charge on any atom is 0.511 e. The van der Waals surface area contributed by atoms with Gasteiger partial charge in [0, 0.05) is 31.7 Å². The van der Waals surface area contributed by atoms with Gasteiger partial charge in [-0.15, -0.1) is 0 Å². The Morgan fingerprint density at radius 2 is 1.62 bits per heavy atom. The van der Waals surface area contributed by atoms with Crippen LogP contribution in [0.2, 0.25) is 0 Å². The van der Waals surface area contributed by atoms with E-state index in [4.69, 9.17) is 4.74 Å². The molecule has 0 aromatic heterocycles. The van der Waals surface area contributed by atoms with Gasteiger partial charge in [-0.05, 0) is 42.3 Å². The molecule has 13 heteroatoms. The predicted octanol–water partition coefficient (Wildman–Crippen LogP) is 4.16. The maximum atomic E-state index is 12.7. The normalized spacial score (nSPS) is 17.8. The molecule has 0 bridgehead atoms. The highest BCUT2D eigenvalue weighted by Crippen LogP contribution is 2.36. The molecule has 0 N–H and O–H groups in total. The van der Waals surface area contributed by atoms with E-state index in [1.54, 1.807) is 18.2 Å². The van der Waals surface area contributed by atoms with Crippen molar-refractivity contribution in [3.8, 4) is 11.5 Å². The van der Waals surface area contributed by atoms with Crippen molar-refractivity contribution in [1.29, 1.82) is 0 Å². The summed E-state index contributed by atoms with van der Waals surface area (Å²) in [6.45, 7) is -0.662. The summed E-state index contributed by atoms with van der Waals surface area (Å²) in [5.41, 5.74) is -4.72. The number of fused-ring (bicyclic) bond motifs is 1. The molecule has 0 aliphatic carbocycles. The molecule has 0 radical (unpaired) electrons. The average molecular weight is 508 g/mol. The van der Waals surface area contributed by atoms with E-state index in [9.17, 15) is 39.6 Å². The molecule has 1 fully saturated rings. The maximum absolute atomic E-state index is 12.7. The van der Waals surface area contributed by atoms with Crippen LogP contribution in [-0.2, 0) is 34.0 Å². The van der Waals surface area contributed by atoms with E-state index in [1.165, 1.54) is 17.0 Å². The first-order chi connectivity index (χ1) is 15.8. The molecular weight excluding hydrogens is 490 g/mol. The monoisotopic (exact) mass is 508 g/mol. The van der Waals surface area contributed by atoms with E-state index in [1.807, 2.05) is 0 Å². The largest absolute Gasteiger partial charge is 0.511 e. The van der Waals surface area contributed by atoms with Crippen molar-refractivity contribution < 1.29 is 44.3 Å². The zero-order chi connectivity index (χ0) is 24.9. The number of hydrogen-bond acceptors (Lipinski definition) is 4. The Hall–Kier alpha value is -2.80. The molecule has 1 amide bonds. The molecule has 0 atom stereocenters. The fourth-order valence-electron chi connectivity index (χ4n) is 3.89. The molecular formula is C21H18F6N2O4S. The van der Waals surface area contributed by atoms with Crippen LogP contribution in [0.25, 0.3) is 0 Å². The molecule has 4 rings (SSSR count). The minimum absolute atomic E-state index is 0.154. The fourth-order valence-corrected chi connectivity index (χ4v) is 4.94. The van der Waals surface area contributed by atoms with E-state index in [0.29, 0.717) is 12.2 Å². The molecule has 2 aromatic rings. The third-order valence-corrected chi connectivity index (χ3v) is 7.34. The summed E-state index contributed by atoms with van der Waals surface area (Å²) in [5.74, 6) is -0.658. The molecule has 2 heterocycles. The summed E-state index contributed by atoms with van der Waals surface area (Å²) in [4.78, 5) is 14.2. The highest BCUT2D eigenvalue weighted by molar-refractivity contribution is 7.90. The Morgan fingerprint density at radius 3 is 2.21 bits per heavy atom. The second-order valence-electron chi connectivity index (χ2n) is 7.99. The van der Waals surface area contributed by atoms with Gasteiger partial charge in [0.15, 0.2) is 0 Å². The van der Waals surface area contributed by atoms with Crippen molar-refractivity contribution in [2.75, 3.05) is 19.6 Å². The van der Waals surface area contributed by atoms with Gasteiger partial charge in [-0.2, -0.15) is 30.6 Å². The highest BCUT2D eigenvalue weighted by Gasteiger charge is 2.55. The van der Waals surface area contributed by atoms with Gasteiger partial charge in [-0.25, -0.2) is 8.42 Å². The van der Waals surface area contributed by atoms with Gasteiger partial charge >= 0.3 is 21.7 Å². The van der Waals surface area contributed by atoms with Crippen molar-refractivity contribution in [2.24, 2.45) is 5.92 Å². The number of rotatable bonds is 4. The van der Waals surface area contributed by atoms with E-state index >= 15 is 0 Å². The lowest BCUT2D eigenvalue weighted by molar-refractivity contribution is -0.140. The smallest absolute Gasteiger partial charge is 0.457 e. The Balaban J connectivity index is 1.41. The van der Waals surface area contributed by atoms with Gasteiger partial charge in [0.25, 0.3) is 0 Å². The van der Waals surface area contributed by atoms with Crippen LogP contribution in [0.5, 0.6) is 11.5 Å². The quantitative estimate of drug-likeness (QED) is 0.582. The number of carbonyl (C=O) groups excluding carboxylic acids is 1. The molecule has 2 aliphatic rings. The van der Waals surface area contributed by atoms with Crippen molar-refractivity contribution >= 4 is 15.9 Å². The fraction of sp³-hybridized carbons (Fsp3) is 0.381. The van der Waals surface area contributed by atoms with Crippen molar-refractivity contribution in [1.82, 2.24) is 9.21 Å². The van der Waals surface area contributed by atoms with Gasteiger partial charge in [0.1, 0.15) is 11.5 Å². The van der Waals surface area contributed by atoms with E-state index in [-0.39, 0.29) is 23.1 Å². The zero-order valence-corrected chi connectivity index (χ0v) is 18.2. The zero-order valence-electron chi connectivity index (χ0n) is 17.4. The number of carbonyl (C=O) groups is 1. The van der Waals surface area contributed by atoms with Crippen LogP contribution in [0, 0.1) is 5.92 Å². The molecule has 2 aromatic carbocycles. The lowest BCUT2D eigenvalue weighted by Gasteiger charge is -2.40. The topological polar surface area (TPSA) is 66.9 Å². The molecule has 184 valence electrons. The summed E-state index contributed by atoms with van der Waals surface area (Å²) < 4.78 is 105. The van der Waals surface area contributed by atoms with Crippen LogP contribution in [0.4, 0.5) is 26.3 Å². The molecule has 2 aliphatic heterocycles. The Morgan fingerprint density at radius 1 is 0.971 bits per heavy atom. The van der Waals surface area contributed by atoms with Gasteiger partial charge in [-0.3, -0.25) is 4.79 Å². The van der Waals surface area contributed by atoms with Crippen LogP contribution in [0.3, 0.4) is 0 Å². The minimum Gasteiger partial charge on any atom is -0.457 e. The molecule has 34 heavy (non-hydrogen) atoms. The number of alkyl halides is 6. The first-order valence-corrected chi connectivity index (χ1v) is 11.5. The van der Waals surface area contributed by atoms with Crippen molar-refractivity contribution in [2.45, 2.75) is 24.7 Å². The SMILES string of the molecule is O=C(C1CN(S(=O)(=O)C(F)(F)F)C1)N1CCc2c(cccc2Oc2ccc(C(F)(F)F)cc2)C1. The summed E-state index contributed by atoms with van der Waals surface area (Å²) in [6, 6.07) is 9.29. The van der Waals surface area contributed by atoms with E-state index < -0.39 is 52.2 Å². The molecule has 0 saturated carbocycles. The van der Waals surface area contributed by atoms with Gasteiger partial charge in [-0.1, -0.05) is 12.1 Å². The number of amides is 1. The van der Waals surface area contributed by atoms with Gasteiger partial charge in [0.05, 0.1) is 11.5 Å². The molecule has 0 unspecified atom stereocenters. The Bertz CT molecular complexity index is 1190. The lowest BCUT2D eigenvalue weighted by Crippen LogP contribution is -2.59. The third kappa shape index (κ3) is 4.58. The van der Waals surface area contributed by atoms with Crippen LogP contribution < -0.4 is 4.74 Å². The van der Waals surface area contributed by atoms with E-state index in [0.717, 1.165) is 23.3 Å². The van der Waals surface area contributed by atoms with E-state index in [2.05, 4.69) is 0 Å². The van der Waals surface area contributed by atoms with Crippen LogP contribution in [-0.4, -0.2) is 48.7 Å². The first-order valence-electron chi connectivity index (χ1n) is 10.1. The number of halogens is 6. The van der Waals surface area contributed by atoms with Gasteiger partial charge < -0.3 is 9.64 Å². The standard InChI is InChI=1S/C21H18F6N2O4S/c22-20(23,24)15-4-6-16(7-5-15)33-18-3-1-2-13-10-28(9-8-17(13)18)19(30)14-11-29(12-14)34(31,32)21(25,26)27/h1-7,14H,8-12H2. The van der Waals surface area contributed by atoms with Crippen LogP contribution in [0.15, 0.2) is 42.5 Å². The van der Waals surface area contributed by atoms with Crippen molar-refractivity contribution in [3.05, 3.63) is 59.2 Å². The second kappa shape index (κ2) is 8.45. The Kier molecular flexibility index (Phi) is 6.05. The highest BCUT2D eigenvalue weighted by atomic mass is 32.2. The average Bonchev–Trinajstić information content (AvgIpc) is 2.71. The predicted molar refractivity (Wildman–Crippen MR) is 107 cm³/mol. The van der Waals surface area contributed by atoms with Gasteiger partial charge in [0.2, 0.25) is 5.91 Å². The number of ether oxygens (including phenoxy) is 1. The second-order valence-corrected chi connectivity index (χ2v) is 9.92. The minimum atomic E-state index is -5.45. The summed E-state index contributed by atoms with van der Waals surface area (Å²) in [5, 5.41) is 0. The summed E-state index contributed by atoms with van der Waals surface area (Å²) in [7, 11) is -5.45. The first kappa shape index (κ1) is 24.3. The summed E-state index contributed by atoms with van der Waals surface area (Å²) in [6.07, 6.45) is -4.11. The molecule has 1 saturated heterocycles. The Labute approximate surface area is 190 Å². The van der Waals surface area contributed by atoms with Crippen molar-refractivity contribution in [3.63, 3.8) is 0 Å². The van der Waals surface area contributed by atoms with Crippen LogP contribution >= 0.6 is 0 Å². The third-order valence-electron chi connectivity index (χ3n) is 5.77. The number of hydrogen-bond donors (Lipinski definition) is 0. The lowest BCUT2D eigenvalue weighted by atomic mass is 9.95. The van der Waals surface area contributed by atoms with Crippen LogP contribution in [0.1, 0.15) is 16.7 Å². The number of benzene rings is 2. The number of sulfonamides is 1. The molecule has 0 spiro atoms. The summed E-state index contributed by atoms with van der Waals surface area (Å²) >= 11 is 0.